The molecule has 2 aromatic carbocycles. The van der Waals surface area contributed by atoms with E-state index in [1.54, 1.807) is 25.3 Å². The third-order valence-electron chi connectivity index (χ3n) is 5.51. The van der Waals surface area contributed by atoms with E-state index in [0.29, 0.717) is 30.3 Å². The highest BCUT2D eigenvalue weighted by Crippen LogP contribution is 2.27. The highest BCUT2D eigenvalue weighted by atomic mass is 35.5. The van der Waals surface area contributed by atoms with Crippen molar-refractivity contribution in [2.45, 2.75) is 38.4 Å². The van der Waals surface area contributed by atoms with Crippen LogP contribution in [0.2, 0.25) is 5.02 Å². The number of likely N-dealkylation sites (tertiary alicyclic amines) is 1. The van der Waals surface area contributed by atoms with E-state index in [-0.39, 0.29) is 18.6 Å². The van der Waals surface area contributed by atoms with E-state index in [2.05, 4.69) is 27.7 Å². The summed E-state index contributed by atoms with van der Waals surface area (Å²) in [5.41, 5.74) is 3.08. The number of nitrogens with zero attached hydrogens (tertiary/aromatic N) is 1. The minimum absolute atomic E-state index is 0.0206. The van der Waals surface area contributed by atoms with Gasteiger partial charge >= 0.3 is 0 Å². The van der Waals surface area contributed by atoms with Gasteiger partial charge in [0, 0.05) is 37.1 Å². The lowest BCUT2D eigenvalue weighted by atomic mass is 10.1. The van der Waals surface area contributed by atoms with Gasteiger partial charge in [-0.3, -0.25) is 9.69 Å². The summed E-state index contributed by atoms with van der Waals surface area (Å²) in [6.45, 7) is 2.98. The highest BCUT2D eigenvalue weighted by Gasteiger charge is 2.24. The van der Waals surface area contributed by atoms with Gasteiger partial charge in [0.05, 0.1) is 19.4 Å². The zero-order chi connectivity index (χ0) is 21.3. The van der Waals surface area contributed by atoms with E-state index in [0.717, 1.165) is 37.2 Å². The maximum absolute atomic E-state index is 12.3. The van der Waals surface area contributed by atoms with E-state index < -0.39 is 0 Å². The first-order chi connectivity index (χ1) is 14.6. The Labute approximate surface area is 183 Å². The molecule has 0 aromatic heterocycles. The number of ether oxygens (including phenoxy) is 1. The summed E-state index contributed by atoms with van der Waals surface area (Å²) < 4.78 is 5.31. The van der Waals surface area contributed by atoms with Crippen LogP contribution < -0.4 is 15.4 Å². The molecule has 0 radical (unpaired) electrons. The van der Waals surface area contributed by atoms with Gasteiger partial charge in [0.2, 0.25) is 5.91 Å². The third kappa shape index (κ3) is 6.11. The van der Waals surface area contributed by atoms with Gasteiger partial charge in [0.15, 0.2) is 0 Å². The van der Waals surface area contributed by atoms with Crippen molar-refractivity contribution in [3.63, 3.8) is 0 Å². The number of hydrogen-bond donors (Lipinski definition) is 3. The molecule has 1 amide bonds. The molecule has 0 aliphatic carbocycles. The zero-order valence-electron chi connectivity index (χ0n) is 17.4. The molecule has 162 valence electrons. The number of hydrogen-bond acceptors (Lipinski definition) is 5. The van der Waals surface area contributed by atoms with E-state index in [1.807, 2.05) is 12.1 Å². The molecule has 3 rings (SSSR count). The lowest BCUT2D eigenvalue weighted by Crippen LogP contribution is -2.32. The van der Waals surface area contributed by atoms with Crippen molar-refractivity contribution in [2.24, 2.45) is 0 Å². The number of carbonyl (C=O) groups excluding carboxylic acids is 1. The minimum atomic E-state index is -0.0206. The summed E-state index contributed by atoms with van der Waals surface area (Å²) in [5.74, 6) is 0.671. The predicted octanol–water partition coefficient (Wildman–Crippen LogP) is 3.42. The Morgan fingerprint density at radius 1 is 1.27 bits per heavy atom. The van der Waals surface area contributed by atoms with Crippen LogP contribution in [0.5, 0.6) is 5.75 Å². The number of aliphatic hydroxyl groups excluding tert-OH is 1. The van der Waals surface area contributed by atoms with Crippen molar-refractivity contribution in [3.8, 4) is 5.75 Å². The molecule has 30 heavy (non-hydrogen) atoms. The summed E-state index contributed by atoms with van der Waals surface area (Å²) in [6.07, 6.45) is 2.50. The van der Waals surface area contributed by atoms with E-state index >= 15 is 0 Å². The molecule has 1 aliphatic heterocycles. The number of benzene rings is 2. The van der Waals surface area contributed by atoms with E-state index in [9.17, 15) is 9.90 Å². The number of nitrogens with one attached hydrogen (secondary N) is 2. The molecule has 6 nitrogen and oxygen atoms in total. The number of halogens is 1. The zero-order valence-corrected chi connectivity index (χ0v) is 18.1. The predicted molar refractivity (Wildman–Crippen MR) is 120 cm³/mol. The molecule has 2 aromatic rings. The van der Waals surface area contributed by atoms with Crippen LogP contribution in [0.4, 0.5) is 5.69 Å². The fraction of sp³-hybridized carbons (Fsp3) is 0.435. The van der Waals surface area contributed by atoms with Gasteiger partial charge in [0.1, 0.15) is 5.75 Å². The summed E-state index contributed by atoms with van der Waals surface area (Å²) in [7, 11) is 1.60. The molecule has 0 unspecified atom stereocenters. The summed E-state index contributed by atoms with van der Waals surface area (Å²) in [5, 5.41) is 16.4. The van der Waals surface area contributed by atoms with Crippen molar-refractivity contribution in [1.29, 1.82) is 0 Å². The molecular formula is C23H30ClN3O3. The van der Waals surface area contributed by atoms with Gasteiger partial charge in [-0.25, -0.2) is 0 Å². The molecule has 1 fully saturated rings. The summed E-state index contributed by atoms with van der Waals surface area (Å²) >= 11 is 6.03. The number of carbonyl (C=O) groups is 1. The van der Waals surface area contributed by atoms with Crippen molar-refractivity contribution < 1.29 is 14.6 Å². The van der Waals surface area contributed by atoms with Crippen LogP contribution in [0.25, 0.3) is 0 Å². The Bertz CT molecular complexity index is 846. The maximum atomic E-state index is 12.3. The summed E-state index contributed by atoms with van der Waals surface area (Å²) in [4.78, 5) is 14.7. The number of rotatable bonds is 10. The number of anilines is 1. The fourth-order valence-electron chi connectivity index (χ4n) is 3.82. The van der Waals surface area contributed by atoms with Gasteiger partial charge in [-0.05, 0) is 48.7 Å². The van der Waals surface area contributed by atoms with Gasteiger partial charge < -0.3 is 20.5 Å². The normalized spacial score (nSPS) is 16.4. The van der Waals surface area contributed by atoms with Crippen molar-refractivity contribution in [1.82, 2.24) is 10.2 Å². The molecule has 0 saturated carbocycles. The number of amides is 1. The van der Waals surface area contributed by atoms with E-state index in [1.165, 1.54) is 5.56 Å². The van der Waals surface area contributed by atoms with Gasteiger partial charge in [0.25, 0.3) is 0 Å². The lowest BCUT2D eigenvalue weighted by molar-refractivity contribution is -0.121. The largest absolute Gasteiger partial charge is 0.495 e. The van der Waals surface area contributed by atoms with Gasteiger partial charge in [-0.15, -0.1) is 0 Å². The Morgan fingerprint density at radius 2 is 2.07 bits per heavy atom. The Hall–Kier alpha value is -2.28. The van der Waals surface area contributed by atoms with Crippen LogP contribution in [0, 0.1) is 0 Å². The monoisotopic (exact) mass is 431 g/mol. The summed E-state index contributed by atoms with van der Waals surface area (Å²) in [6, 6.07) is 13.7. The average molecular weight is 432 g/mol. The second kappa shape index (κ2) is 11.2. The first kappa shape index (κ1) is 22.4. The first-order valence-electron chi connectivity index (χ1n) is 10.4. The molecule has 0 bridgehead atoms. The molecule has 3 N–H and O–H groups in total. The SMILES string of the molecule is COc1ccc(Cl)cc1NCCC(=O)NCc1ccccc1CN1CCC[C@@H]1CO. The second-order valence-corrected chi connectivity index (χ2v) is 7.95. The van der Waals surface area contributed by atoms with Crippen LogP contribution >= 0.6 is 11.6 Å². The standard InChI is InChI=1S/C23H30ClN3O3/c1-30-22-9-8-19(24)13-21(22)25-11-10-23(29)26-14-17-5-2-3-6-18(17)15-27-12-4-7-20(27)16-28/h2-3,5-6,8-9,13,20,25,28H,4,7,10-12,14-16H2,1H3,(H,26,29)/t20-/m1/s1. The third-order valence-corrected chi connectivity index (χ3v) is 5.74. The minimum Gasteiger partial charge on any atom is -0.495 e. The Morgan fingerprint density at radius 3 is 2.83 bits per heavy atom. The molecule has 1 heterocycles. The molecule has 1 saturated heterocycles. The second-order valence-electron chi connectivity index (χ2n) is 7.52. The van der Waals surface area contributed by atoms with Crippen LogP contribution in [-0.4, -0.2) is 48.8 Å². The fourth-order valence-corrected chi connectivity index (χ4v) is 4.00. The van der Waals surface area contributed by atoms with Crippen LogP contribution in [0.3, 0.4) is 0 Å². The maximum Gasteiger partial charge on any atom is 0.222 e. The van der Waals surface area contributed by atoms with Crippen LogP contribution in [0.15, 0.2) is 42.5 Å². The lowest BCUT2D eigenvalue weighted by Gasteiger charge is -2.24. The van der Waals surface area contributed by atoms with Crippen LogP contribution in [-0.2, 0) is 17.9 Å². The highest BCUT2D eigenvalue weighted by molar-refractivity contribution is 6.30. The van der Waals surface area contributed by atoms with Gasteiger partial charge in [-0.2, -0.15) is 0 Å². The Kier molecular flexibility index (Phi) is 8.37. The van der Waals surface area contributed by atoms with E-state index in [4.69, 9.17) is 16.3 Å². The smallest absolute Gasteiger partial charge is 0.222 e. The number of methoxy groups -OCH3 is 1. The first-order valence-corrected chi connectivity index (χ1v) is 10.7. The van der Waals surface area contributed by atoms with Crippen molar-refractivity contribution in [3.05, 3.63) is 58.6 Å². The molecule has 1 aliphatic rings. The van der Waals surface area contributed by atoms with Gasteiger partial charge in [-0.1, -0.05) is 35.9 Å². The Balaban J connectivity index is 1.49. The topological polar surface area (TPSA) is 73.8 Å². The molecule has 1 atom stereocenters. The number of aliphatic hydroxyl groups is 1. The molecule has 0 spiro atoms. The van der Waals surface area contributed by atoms with Crippen LogP contribution in [0.1, 0.15) is 30.4 Å². The molecular weight excluding hydrogens is 402 g/mol. The van der Waals surface area contributed by atoms with Crippen molar-refractivity contribution in [2.75, 3.05) is 32.1 Å². The quantitative estimate of drug-likeness (QED) is 0.537. The van der Waals surface area contributed by atoms with Crippen molar-refractivity contribution >= 4 is 23.2 Å². The molecule has 7 heteroatoms. The average Bonchev–Trinajstić information content (AvgIpc) is 3.20.